The number of carbonyl (C=O) groups excluding carboxylic acids is 1. The van der Waals surface area contributed by atoms with Gasteiger partial charge in [-0.05, 0) is 43.0 Å². The Morgan fingerprint density at radius 2 is 2.00 bits per heavy atom. The second-order valence-electron chi connectivity index (χ2n) is 4.03. The third-order valence-corrected chi connectivity index (χ3v) is 3.31. The molecule has 0 heterocycles. The molecule has 0 aromatic heterocycles. The largest absolute Gasteiger partial charge is 0.295 e. The lowest BCUT2D eigenvalue weighted by molar-refractivity contribution is -0.115. The van der Waals surface area contributed by atoms with Gasteiger partial charge in [-0.15, -0.1) is 0 Å². The first-order valence-electron chi connectivity index (χ1n) is 5.31. The van der Waals surface area contributed by atoms with Crippen molar-refractivity contribution in [2.45, 2.75) is 25.7 Å². The van der Waals surface area contributed by atoms with Gasteiger partial charge in [0.05, 0.1) is 0 Å². The van der Waals surface area contributed by atoms with Gasteiger partial charge >= 0.3 is 0 Å². The summed E-state index contributed by atoms with van der Waals surface area (Å²) in [5.41, 5.74) is 2.20. The zero-order valence-electron chi connectivity index (χ0n) is 8.80. The molecule has 0 bridgehead atoms. The van der Waals surface area contributed by atoms with Crippen LogP contribution in [0.3, 0.4) is 0 Å². The van der Waals surface area contributed by atoms with Crippen LogP contribution in [0.1, 0.15) is 24.8 Å². The Morgan fingerprint density at radius 1 is 1.19 bits per heavy atom. The molecule has 0 amide bonds. The number of allylic oxidation sites excluding steroid dienone is 2. The minimum absolute atomic E-state index is 0.228. The van der Waals surface area contributed by atoms with Crippen LogP contribution in [-0.4, -0.2) is 5.78 Å². The molecule has 1 aromatic carbocycles. The highest BCUT2D eigenvalue weighted by Gasteiger charge is 2.11. The molecule has 3 heteroatoms. The van der Waals surface area contributed by atoms with Crippen LogP contribution in [0.25, 0.3) is 0 Å². The van der Waals surface area contributed by atoms with Crippen molar-refractivity contribution in [3.63, 3.8) is 0 Å². The molecule has 0 atom stereocenters. The van der Waals surface area contributed by atoms with Crippen LogP contribution < -0.4 is 0 Å². The normalized spacial score (nSPS) is 16.1. The van der Waals surface area contributed by atoms with Crippen LogP contribution in [0.15, 0.2) is 29.8 Å². The number of hydrogen-bond acceptors (Lipinski definition) is 1. The number of halogens is 2. The van der Waals surface area contributed by atoms with Gasteiger partial charge in [0, 0.05) is 16.5 Å². The van der Waals surface area contributed by atoms with Crippen molar-refractivity contribution in [1.82, 2.24) is 0 Å². The molecular formula is C13H12Cl2O. The smallest absolute Gasteiger partial charge is 0.155 e. The van der Waals surface area contributed by atoms with Gasteiger partial charge in [0.1, 0.15) is 0 Å². The van der Waals surface area contributed by atoms with E-state index >= 15 is 0 Å². The van der Waals surface area contributed by atoms with Crippen molar-refractivity contribution in [1.29, 1.82) is 0 Å². The fraction of sp³-hybridized carbons (Fsp3) is 0.308. The Labute approximate surface area is 105 Å². The van der Waals surface area contributed by atoms with Gasteiger partial charge in [0.25, 0.3) is 0 Å². The highest BCUT2D eigenvalue weighted by atomic mass is 35.5. The molecule has 0 unspecified atom stereocenters. The van der Waals surface area contributed by atoms with Crippen LogP contribution in [-0.2, 0) is 11.2 Å². The first-order valence-corrected chi connectivity index (χ1v) is 6.07. The number of hydrogen-bond donors (Lipinski definition) is 0. The Hall–Kier alpha value is -0.790. The predicted octanol–water partition coefficient (Wildman–Crippen LogP) is 4.22. The third-order valence-electron chi connectivity index (χ3n) is 2.72. The Morgan fingerprint density at radius 3 is 2.69 bits per heavy atom. The molecular weight excluding hydrogens is 243 g/mol. The summed E-state index contributed by atoms with van der Waals surface area (Å²) in [5.74, 6) is 0.228. The van der Waals surface area contributed by atoms with Gasteiger partial charge in [-0.25, -0.2) is 0 Å². The van der Waals surface area contributed by atoms with Crippen LogP contribution in [0.2, 0.25) is 10.0 Å². The predicted molar refractivity (Wildman–Crippen MR) is 67.1 cm³/mol. The standard InChI is InChI=1S/C13H12Cl2O/c14-11-5-4-10(13(15)8-11)6-9-2-1-3-12(16)7-9/h4-5,7-8H,1-3,6H2. The monoisotopic (exact) mass is 254 g/mol. The third kappa shape index (κ3) is 2.87. The van der Waals surface area contributed by atoms with Crippen LogP contribution in [0, 0.1) is 0 Å². The van der Waals surface area contributed by atoms with Crippen molar-refractivity contribution in [2.75, 3.05) is 0 Å². The minimum atomic E-state index is 0.228. The Kier molecular flexibility index (Phi) is 3.67. The van der Waals surface area contributed by atoms with Gasteiger partial charge < -0.3 is 0 Å². The molecule has 84 valence electrons. The summed E-state index contributed by atoms with van der Waals surface area (Å²) < 4.78 is 0. The van der Waals surface area contributed by atoms with E-state index in [2.05, 4.69) is 0 Å². The van der Waals surface area contributed by atoms with Crippen molar-refractivity contribution in [3.8, 4) is 0 Å². The molecule has 0 spiro atoms. The summed E-state index contributed by atoms with van der Waals surface area (Å²) in [6.45, 7) is 0. The maximum atomic E-state index is 11.3. The molecule has 1 aliphatic carbocycles. The van der Waals surface area contributed by atoms with Gasteiger partial charge in [-0.2, -0.15) is 0 Å². The lowest BCUT2D eigenvalue weighted by Gasteiger charge is -2.12. The Bertz CT molecular complexity index is 449. The quantitative estimate of drug-likeness (QED) is 0.773. The highest BCUT2D eigenvalue weighted by molar-refractivity contribution is 6.35. The van der Waals surface area contributed by atoms with E-state index in [4.69, 9.17) is 23.2 Å². The fourth-order valence-electron chi connectivity index (χ4n) is 1.91. The fourth-order valence-corrected chi connectivity index (χ4v) is 2.39. The van der Waals surface area contributed by atoms with Crippen molar-refractivity contribution >= 4 is 29.0 Å². The zero-order chi connectivity index (χ0) is 11.5. The molecule has 0 N–H and O–H groups in total. The summed E-state index contributed by atoms with van der Waals surface area (Å²) in [4.78, 5) is 11.3. The van der Waals surface area contributed by atoms with Gasteiger partial charge in [0.2, 0.25) is 0 Å². The van der Waals surface area contributed by atoms with E-state index in [0.717, 1.165) is 24.8 Å². The topological polar surface area (TPSA) is 17.1 Å². The number of benzene rings is 1. The van der Waals surface area contributed by atoms with E-state index < -0.39 is 0 Å². The molecule has 0 radical (unpaired) electrons. The first kappa shape index (κ1) is 11.7. The van der Waals surface area contributed by atoms with Crippen LogP contribution >= 0.6 is 23.2 Å². The van der Waals surface area contributed by atoms with E-state index in [-0.39, 0.29) is 5.78 Å². The van der Waals surface area contributed by atoms with Gasteiger partial charge in [0.15, 0.2) is 5.78 Å². The number of carbonyl (C=O) groups is 1. The molecule has 0 saturated carbocycles. The summed E-state index contributed by atoms with van der Waals surface area (Å²) >= 11 is 11.9. The molecule has 16 heavy (non-hydrogen) atoms. The highest BCUT2D eigenvalue weighted by Crippen LogP contribution is 2.26. The SMILES string of the molecule is O=C1C=C(Cc2ccc(Cl)cc2Cl)CCC1. The molecule has 2 rings (SSSR count). The number of ketones is 1. The van der Waals surface area contributed by atoms with Crippen LogP contribution in [0.4, 0.5) is 0 Å². The molecule has 1 nitrogen and oxygen atoms in total. The summed E-state index contributed by atoms with van der Waals surface area (Å²) in [7, 11) is 0. The maximum absolute atomic E-state index is 11.3. The van der Waals surface area contributed by atoms with Gasteiger partial charge in [-0.3, -0.25) is 4.79 Å². The van der Waals surface area contributed by atoms with Crippen molar-refractivity contribution in [3.05, 3.63) is 45.5 Å². The van der Waals surface area contributed by atoms with E-state index in [1.807, 2.05) is 12.1 Å². The average molecular weight is 255 g/mol. The molecule has 0 aliphatic heterocycles. The molecule has 0 fully saturated rings. The molecule has 1 aromatic rings. The van der Waals surface area contributed by atoms with E-state index in [9.17, 15) is 4.79 Å². The second-order valence-corrected chi connectivity index (χ2v) is 4.88. The average Bonchev–Trinajstić information content (AvgIpc) is 2.22. The van der Waals surface area contributed by atoms with Crippen molar-refractivity contribution in [2.24, 2.45) is 0 Å². The summed E-state index contributed by atoms with van der Waals surface area (Å²) in [6.07, 6.45) is 5.13. The van der Waals surface area contributed by atoms with Crippen LogP contribution in [0.5, 0.6) is 0 Å². The van der Waals surface area contributed by atoms with E-state index in [1.54, 1.807) is 12.1 Å². The zero-order valence-corrected chi connectivity index (χ0v) is 10.3. The Balaban J connectivity index is 2.17. The summed E-state index contributed by atoms with van der Waals surface area (Å²) in [6, 6.07) is 5.49. The lowest BCUT2D eigenvalue weighted by Crippen LogP contribution is -2.04. The number of rotatable bonds is 2. The minimum Gasteiger partial charge on any atom is -0.295 e. The lowest BCUT2D eigenvalue weighted by atomic mass is 9.93. The van der Waals surface area contributed by atoms with Gasteiger partial charge in [-0.1, -0.05) is 34.8 Å². The molecule has 1 aliphatic rings. The second kappa shape index (κ2) is 5.03. The first-order chi connectivity index (χ1) is 7.65. The van der Waals surface area contributed by atoms with E-state index in [1.165, 1.54) is 5.57 Å². The van der Waals surface area contributed by atoms with E-state index in [0.29, 0.717) is 16.5 Å². The molecule has 0 saturated heterocycles. The maximum Gasteiger partial charge on any atom is 0.155 e. The van der Waals surface area contributed by atoms with Crippen molar-refractivity contribution < 1.29 is 4.79 Å². The summed E-state index contributed by atoms with van der Waals surface area (Å²) in [5, 5.41) is 1.31.